The van der Waals surface area contributed by atoms with Gasteiger partial charge in [-0.1, -0.05) is 25.1 Å². The minimum Gasteiger partial charge on any atom is -0.481 e. The van der Waals surface area contributed by atoms with Crippen LogP contribution in [0.5, 0.6) is 5.75 Å². The number of benzene rings is 2. The summed E-state index contributed by atoms with van der Waals surface area (Å²) in [5.41, 5.74) is -0.669. The Hall–Kier alpha value is -5.01. The Morgan fingerprint density at radius 2 is 1.61 bits per heavy atom. The summed E-state index contributed by atoms with van der Waals surface area (Å²) in [7, 11) is 0. The third kappa shape index (κ3) is 7.35. The molecule has 2 amide bonds. The molecule has 0 aliphatic rings. The van der Waals surface area contributed by atoms with Gasteiger partial charge in [0, 0.05) is 17.8 Å². The van der Waals surface area contributed by atoms with E-state index in [-0.39, 0.29) is 23.7 Å². The van der Waals surface area contributed by atoms with E-state index in [2.05, 4.69) is 15.4 Å². The van der Waals surface area contributed by atoms with Crippen molar-refractivity contribution in [3.8, 4) is 5.75 Å². The summed E-state index contributed by atoms with van der Waals surface area (Å²) < 4.78 is 60.1. The third-order valence-corrected chi connectivity index (χ3v) is 5.80. The number of carboxylic acid groups (broad SMARTS) is 1. The van der Waals surface area contributed by atoms with Crippen LogP contribution in [-0.2, 0) is 14.4 Å². The van der Waals surface area contributed by atoms with Gasteiger partial charge in [-0.3, -0.25) is 24.0 Å². The fourth-order valence-electron chi connectivity index (χ4n) is 3.75. The zero-order valence-electron chi connectivity index (χ0n) is 21.3. The fourth-order valence-corrected chi connectivity index (χ4v) is 3.75. The Balaban J connectivity index is 1.79. The lowest BCUT2D eigenvalue weighted by atomic mass is 10.1. The van der Waals surface area contributed by atoms with Crippen LogP contribution in [0.1, 0.15) is 36.2 Å². The zero-order valence-corrected chi connectivity index (χ0v) is 21.3. The highest BCUT2D eigenvalue weighted by atomic mass is 19.2. The van der Waals surface area contributed by atoms with Gasteiger partial charge in [0.05, 0.1) is 6.42 Å². The number of hydrogen-bond acceptors (Lipinski definition) is 6. The number of ether oxygens (including phenoxy) is 1. The van der Waals surface area contributed by atoms with Gasteiger partial charge in [-0.05, 0) is 30.7 Å². The van der Waals surface area contributed by atoms with Crippen LogP contribution in [0.2, 0.25) is 0 Å². The van der Waals surface area contributed by atoms with Crippen LogP contribution in [0.4, 0.5) is 23.2 Å². The van der Waals surface area contributed by atoms with Crippen molar-refractivity contribution >= 4 is 29.3 Å². The van der Waals surface area contributed by atoms with Crippen molar-refractivity contribution in [2.45, 2.75) is 31.8 Å². The molecule has 0 spiro atoms. The lowest BCUT2D eigenvalue weighted by Gasteiger charge is -2.22. The normalized spacial score (nSPS) is 12.2. The number of Topliss-reactive ketones (excluding diaryl/α,β-unsaturated/α-hetero) is 1. The number of ketones is 1. The number of nitrogens with zero attached hydrogens (tertiary/aromatic N) is 1. The molecule has 0 aliphatic heterocycles. The number of aliphatic carboxylic acids is 1. The van der Waals surface area contributed by atoms with Crippen LogP contribution >= 0.6 is 0 Å². The first-order chi connectivity index (χ1) is 19.4. The Morgan fingerprint density at radius 3 is 2.20 bits per heavy atom. The van der Waals surface area contributed by atoms with Gasteiger partial charge in [0.1, 0.15) is 24.4 Å². The van der Waals surface area contributed by atoms with Crippen molar-refractivity contribution in [1.82, 2.24) is 9.88 Å². The molecule has 1 aromatic heterocycles. The molecule has 0 fully saturated rings. The van der Waals surface area contributed by atoms with Gasteiger partial charge in [0.2, 0.25) is 17.5 Å². The summed E-state index contributed by atoms with van der Waals surface area (Å²) in [6, 6.07) is 7.52. The Bertz CT molecular complexity index is 1500. The van der Waals surface area contributed by atoms with E-state index >= 15 is 0 Å². The van der Waals surface area contributed by atoms with E-state index in [9.17, 15) is 46.6 Å². The Kier molecular flexibility index (Phi) is 9.95. The van der Waals surface area contributed by atoms with Gasteiger partial charge in [-0.15, -0.1) is 0 Å². The summed E-state index contributed by atoms with van der Waals surface area (Å²) in [6.45, 7) is 0.264. The van der Waals surface area contributed by atoms with Crippen LogP contribution in [0.3, 0.4) is 0 Å². The molecular weight excluding hydrogens is 554 g/mol. The van der Waals surface area contributed by atoms with E-state index in [0.717, 1.165) is 4.57 Å². The number of hydrogen-bond donors (Lipinski definition) is 3. The molecule has 0 aliphatic carbocycles. The number of pyridine rings is 1. The molecule has 3 aromatic rings. The van der Waals surface area contributed by atoms with E-state index in [1.54, 1.807) is 18.2 Å². The molecule has 216 valence electrons. The minimum atomic E-state index is -1.92. The van der Waals surface area contributed by atoms with Crippen molar-refractivity contribution in [2.24, 2.45) is 0 Å². The monoisotopic (exact) mass is 577 g/mol. The maximum Gasteiger partial charge on any atom is 0.305 e. The molecule has 1 heterocycles. The molecule has 1 unspecified atom stereocenters. The number of nitrogens with one attached hydrogen (secondary N) is 2. The van der Waals surface area contributed by atoms with E-state index in [1.165, 1.54) is 37.4 Å². The maximum atomic E-state index is 13.9. The standard InChI is InChI=1S/C27H23F4N3O7/c1-2-19(34-10-6-9-17(27(34)40)32-25(38)14-7-4-3-5-8-14)26(39)33-18(12-21(36)37)20(35)13-41-24-22(30)15(28)11-16(29)23(24)31/h3-11,18-19H,2,12-13H2,1H3,(H,32,38)(H,33,39)(H,36,37)/t18?,19-/m0/s1. The predicted molar refractivity (Wildman–Crippen MR) is 135 cm³/mol. The summed E-state index contributed by atoms with van der Waals surface area (Å²) in [5.74, 6) is -13.3. The zero-order chi connectivity index (χ0) is 30.3. The highest BCUT2D eigenvalue weighted by Gasteiger charge is 2.30. The van der Waals surface area contributed by atoms with Crippen molar-refractivity contribution in [1.29, 1.82) is 0 Å². The molecule has 0 saturated heterocycles. The summed E-state index contributed by atoms with van der Waals surface area (Å²) in [6.07, 6.45) is 0.232. The molecule has 10 nitrogen and oxygen atoms in total. The molecule has 2 aromatic carbocycles. The van der Waals surface area contributed by atoms with E-state index in [0.29, 0.717) is 0 Å². The quantitative estimate of drug-likeness (QED) is 0.222. The van der Waals surface area contributed by atoms with Crippen LogP contribution in [0.25, 0.3) is 0 Å². The first-order valence-electron chi connectivity index (χ1n) is 12.0. The number of aromatic nitrogens is 1. The van der Waals surface area contributed by atoms with Gasteiger partial charge in [-0.25, -0.2) is 8.78 Å². The minimum absolute atomic E-state index is 0.0225. The van der Waals surface area contributed by atoms with Crippen LogP contribution < -0.4 is 20.9 Å². The molecule has 14 heteroatoms. The SMILES string of the molecule is CC[C@@H](C(=O)NC(CC(=O)O)C(=O)COc1c(F)c(F)cc(F)c1F)n1cccc(NC(=O)c2ccccc2)c1=O. The highest BCUT2D eigenvalue weighted by Crippen LogP contribution is 2.26. The van der Waals surface area contributed by atoms with Gasteiger partial charge in [-0.2, -0.15) is 8.78 Å². The van der Waals surface area contributed by atoms with Crippen molar-refractivity contribution in [3.63, 3.8) is 0 Å². The lowest BCUT2D eigenvalue weighted by Crippen LogP contribution is -2.48. The topological polar surface area (TPSA) is 144 Å². The number of amides is 2. The number of carbonyl (C=O) groups excluding carboxylic acids is 3. The van der Waals surface area contributed by atoms with E-state index in [1.807, 2.05) is 0 Å². The number of halogens is 4. The fraction of sp³-hybridized carbons (Fsp3) is 0.222. The third-order valence-electron chi connectivity index (χ3n) is 5.80. The van der Waals surface area contributed by atoms with E-state index < -0.39 is 83.3 Å². The smallest absolute Gasteiger partial charge is 0.305 e. The second kappa shape index (κ2) is 13.4. The van der Waals surface area contributed by atoms with Crippen molar-refractivity contribution in [2.75, 3.05) is 11.9 Å². The molecule has 41 heavy (non-hydrogen) atoms. The van der Waals surface area contributed by atoms with E-state index in [4.69, 9.17) is 0 Å². The second-order valence-corrected chi connectivity index (χ2v) is 8.59. The summed E-state index contributed by atoms with van der Waals surface area (Å²) in [4.78, 5) is 62.6. The Labute approximate surface area is 229 Å². The van der Waals surface area contributed by atoms with Gasteiger partial charge < -0.3 is 25.0 Å². The molecule has 3 rings (SSSR count). The van der Waals surface area contributed by atoms with Gasteiger partial charge in [0.25, 0.3) is 11.5 Å². The van der Waals surface area contributed by atoms with Crippen LogP contribution in [0, 0.1) is 23.3 Å². The molecule has 0 bridgehead atoms. The van der Waals surface area contributed by atoms with Crippen LogP contribution in [0.15, 0.2) is 59.5 Å². The number of carbonyl (C=O) groups is 4. The summed E-state index contributed by atoms with van der Waals surface area (Å²) in [5, 5.41) is 13.8. The first-order valence-corrected chi connectivity index (χ1v) is 12.0. The molecule has 3 N–H and O–H groups in total. The highest BCUT2D eigenvalue weighted by molar-refractivity contribution is 6.04. The first kappa shape index (κ1) is 30.5. The van der Waals surface area contributed by atoms with Crippen molar-refractivity contribution in [3.05, 3.63) is 93.9 Å². The largest absolute Gasteiger partial charge is 0.481 e. The average Bonchev–Trinajstić information content (AvgIpc) is 2.94. The molecule has 2 atom stereocenters. The number of rotatable bonds is 12. The lowest BCUT2D eigenvalue weighted by molar-refractivity contribution is -0.140. The molecular formula is C27H23F4N3O7. The Morgan fingerprint density at radius 1 is 0.976 bits per heavy atom. The predicted octanol–water partition coefficient (Wildman–Crippen LogP) is 3.22. The summed E-state index contributed by atoms with van der Waals surface area (Å²) >= 11 is 0. The van der Waals surface area contributed by atoms with Gasteiger partial charge in [0.15, 0.2) is 23.2 Å². The number of carboxylic acids is 1. The average molecular weight is 577 g/mol. The maximum absolute atomic E-state index is 13.9. The van der Waals surface area contributed by atoms with Crippen molar-refractivity contribution < 1.29 is 46.6 Å². The van der Waals surface area contributed by atoms with Crippen LogP contribution in [-0.4, -0.2) is 45.9 Å². The second-order valence-electron chi connectivity index (χ2n) is 8.59. The molecule has 0 radical (unpaired) electrons. The molecule has 0 saturated carbocycles. The van der Waals surface area contributed by atoms with Gasteiger partial charge >= 0.3 is 5.97 Å². The number of anilines is 1.